The Balaban J connectivity index is 1.64. The summed E-state index contributed by atoms with van der Waals surface area (Å²) in [6.07, 6.45) is -1.75. The monoisotopic (exact) mass is 400 g/mol. The highest BCUT2D eigenvalue weighted by Gasteiger charge is 2.34. The minimum absolute atomic E-state index is 0.00914. The van der Waals surface area contributed by atoms with Crippen LogP contribution >= 0.6 is 11.6 Å². The van der Waals surface area contributed by atoms with Crippen LogP contribution in [0.15, 0.2) is 30.5 Å². The van der Waals surface area contributed by atoms with Crippen molar-refractivity contribution in [2.45, 2.75) is 32.0 Å². The second-order valence-corrected chi connectivity index (χ2v) is 6.72. The molecule has 2 aromatic rings. The summed E-state index contributed by atoms with van der Waals surface area (Å²) in [6, 6.07) is 7.12. The molecule has 3 rings (SSSR count). The predicted molar refractivity (Wildman–Crippen MR) is 97.5 cm³/mol. The molecule has 1 aliphatic rings. The molecule has 0 spiro atoms. The van der Waals surface area contributed by atoms with Crippen molar-refractivity contribution in [3.8, 4) is 5.75 Å². The molecule has 0 radical (unpaired) electrons. The molecule has 146 valence electrons. The largest absolute Gasteiger partial charge is 0.490 e. The average molecular weight is 401 g/mol. The summed E-state index contributed by atoms with van der Waals surface area (Å²) in [4.78, 5) is 7.33. The second-order valence-electron chi connectivity index (χ2n) is 6.36. The third-order valence-corrected chi connectivity index (χ3v) is 4.76. The Hall–Kier alpha value is -2.06. The van der Waals surface area contributed by atoms with Crippen LogP contribution in [0.1, 0.15) is 25.3 Å². The van der Waals surface area contributed by atoms with Crippen LogP contribution in [-0.2, 0) is 6.18 Å². The zero-order chi connectivity index (χ0) is 19.4. The van der Waals surface area contributed by atoms with Crippen LogP contribution in [0.4, 0.5) is 24.8 Å². The van der Waals surface area contributed by atoms with Crippen molar-refractivity contribution in [1.29, 1.82) is 0 Å². The number of hydrogen-bond acceptors (Lipinski definition) is 5. The number of nitrogens with zero attached hydrogens (tertiary/aromatic N) is 2. The van der Waals surface area contributed by atoms with Gasteiger partial charge in [-0.1, -0.05) is 18.5 Å². The molecule has 1 aromatic heterocycles. The molecule has 2 atom stereocenters. The smallest absolute Gasteiger partial charge is 0.420 e. The van der Waals surface area contributed by atoms with Gasteiger partial charge in [-0.15, -0.1) is 0 Å². The van der Waals surface area contributed by atoms with E-state index in [0.29, 0.717) is 17.8 Å². The molecule has 0 bridgehead atoms. The van der Waals surface area contributed by atoms with E-state index in [1.54, 1.807) is 24.3 Å². The van der Waals surface area contributed by atoms with Crippen LogP contribution in [0, 0.1) is 5.92 Å². The average Bonchev–Trinajstić information content (AvgIpc) is 3.14. The fourth-order valence-electron chi connectivity index (χ4n) is 3.04. The molecule has 0 saturated carbocycles. The molecular weight excluding hydrogens is 381 g/mol. The van der Waals surface area contributed by atoms with Gasteiger partial charge in [0.15, 0.2) is 0 Å². The zero-order valence-corrected chi connectivity index (χ0v) is 15.4. The molecule has 0 aliphatic carbocycles. The van der Waals surface area contributed by atoms with Crippen LogP contribution in [0.25, 0.3) is 0 Å². The van der Waals surface area contributed by atoms with Crippen LogP contribution in [0.2, 0.25) is 5.15 Å². The molecule has 9 heteroatoms. The number of nitrogens with one attached hydrogen (secondary N) is 2. The predicted octanol–water partition coefficient (Wildman–Crippen LogP) is 4.66. The highest BCUT2D eigenvalue weighted by Crippen LogP contribution is 2.33. The summed E-state index contributed by atoms with van der Waals surface area (Å²) in [7, 11) is 0. The Bertz CT molecular complexity index is 764. The van der Waals surface area contributed by atoms with Crippen molar-refractivity contribution in [1.82, 2.24) is 15.3 Å². The lowest BCUT2D eigenvalue weighted by Crippen LogP contribution is -2.28. The first-order chi connectivity index (χ1) is 12.9. The third kappa shape index (κ3) is 5.01. The fourth-order valence-corrected chi connectivity index (χ4v) is 3.28. The van der Waals surface area contributed by atoms with Gasteiger partial charge in [0.1, 0.15) is 22.6 Å². The number of alkyl halides is 3. The quantitative estimate of drug-likeness (QED) is 0.691. The van der Waals surface area contributed by atoms with Crippen LogP contribution in [0.5, 0.6) is 5.75 Å². The number of aromatic nitrogens is 2. The maximum absolute atomic E-state index is 12.7. The molecule has 2 heterocycles. The topological polar surface area (TPSA) is 59.1 Å². The SMILES string of the molecule is CCC(Oc1ccc(Nc2ncc(C(F)(F)F)c(Cl)n2)cc1)C1CCNC1. The van der Waals surface area contributed by atoms with Crippen molar-refractivity contribution in [2.75, 3.05) is 18.4 Å². The normalized spacial score (nSPS) is 18.3. The molecule has 5 nitrogen and oxygen atoms in total. The minimum atomic E-state index is -4.58. The highest BCUT2D eigenvalue weighted by molar-refractivity contribution is 6.30. The first-order valence-electron chi connectivity index (χ1n) is 8.71. The van der Waals surface area contributed by atoms with Crippen molar-refractivity contribution >= 4 is 23.2 Å². The van der Waals surface area contributed by atoms with Gasteiger partial charge in [-0.2, -0.15) is 13.2 Å². The second kappa shape index (κ2) is 8.31. The van der Waals surface area contributed by atoms with E-state index in [1.807, 2.05) is 0 Å². The van der Waals surface area contributed by atoms with Gasteiger partial charge in [0, 0.05) is 24.3 Å². The van der Waals surface area contributed by atoms with Gasteiger partial charge < -0.3 is 15.4 Å². The number of anilines is 2. The van der Waals surface area contributed by atoms with E-state index in [0.717, 1.165) is 31.7 Å². The summed E-state index contributed by atoms with van der Waals surface area (Å²) in [5, 5.41) is 5.53. The lowest BCUT2D eigenvalue weighted by molar-refractivity contribution is -0.137. The third-order valence-electron chi connectivity index (χ3n) is 4.47. The zero-order valence-electron chi connectivity index (χ0n) is 14.7. The van der Waals surface area contributed by atoms with Crippen molar-refractivity contribution in [3.63, 3.8) is 0 Å². The summed E-state index contributed by atoms with van der Waals surface area (Å²) >= 11 is 5.60. The van der Waals surface area contributed by atoms with Crippen molar-refractivity contribution in [2.24, 2.45) is 5.92 Å². The van der Waals surface area contributed by atoms with Crippen molar-refractivity contribution in [3.05, 3.63) is 41.2 Å². The van der Waals surface area contributed by atoms with E-state index in [-0.39, 0.29) is 12.1 Å². The Morgan fingerprint density at radius 1 is 1.33 bits per heavy atom. The van der Waals surface area contributed by atoms with Gasteiger partial charge in [-0.05, 0) is 43.7 Å². The minimum Gasteiger partial charge on any atom is -0.490 e. The molecule has 2 N–H and O–H groups in total. The fraction of sp³-hybridized carbons (Fsp3) is 0.444. The molecule has 2 unspecified atom stereocenters. The van der Waals surface area contributed by atoms with E-state index in [4.69, 9.17) is 16.3 Å². The van der Waals surface area contributed by atoms with Gasteiger partial charge >= 0.3 is 6.18 Å². The Morgan fingerprint density at radius 2 is 2.07 bits per heavy atom. The highest BCUT2D eigenvalue weighted by atomic mass is 35.5. The number of benzene rings is 1. The first kappa shape index (κ1) is 19.7. The number of rotatable bonds is 6. The number of ether oxygens (including phenoxy) is 1. The van der Waals surface area contributed by atoms with E-state index >= 15 is 0 Å². The Morgan fingerprint density at radius 3 is 2.63 bits per heavy atom. The van der Waals surface area contributed by atoms with Gasteiger partial charge in [0.05, 0.1) is 0 Å². The van der Waals surface area contributed by atoms with E-state index in [9.17, 15) is 13.2 Å². The molecule has 1 aliphatic heterocycles. The van der Waals surface area contributed by atoms with Crippen LogP contribution < -0.4 is 15.4 Å². The molecule has 27 heavy (non-hydrogen) atoms. The summed E-state index contributed by atoms with van der Waals surface area (Å²) in [5.74, 6) is 1.23. The van der Waals surface area contributed by atoms with Crippen molar-refractivity contribution < 1.29 is 17.9 Å². The first-order valence-corrected chi connectivity index (χ1v) is 9.09. The van der Waals surface area contributed by atoms with Crippen LogP contribution in [0.3, 0.4) is 0 Å². The Labute approximate surface area is 160 Å². The maximum Gasteiger partial charge on any atom is 0.420 e. The number of halogens is 4. The molecule has 1 aromatic carbocycles. The van der Waals surface area contributed by atoms with E-state index < -0.39 is 16.9 Å². The van der Waals surface area contributed by atoms with E-state index in [1.165, 1.54) is 0 Å². The Kier molecular flexibility index (Phi) is 6.06. The van der Waals surface area contributed by atoms with Gasteiger partial charge in [0.25, 0.3) is 0 Å². The molecule has 0 amide bonds. The summed E-state index contributed by atoms with van der Waals surface area (Å²) in [6.45, 7) is 4.08. The molecular formula is C18H20ClF3N4O. The van der Waals surface area contributed by atoms with Crippen LogP contribution in [-0.4, -0.2) is 29.2 Å². The van der Waals surface area contributed by atoms with Gasteiger partial charge in [-0.3, -0.25) is 0 Å². The summed E-state index contributed by atoms with van der Waals surface area (Å²) < 4.78 is 44.2. The standard InChI is InChI=1S/C18H20ClF3N4O/c1-2-15(11-7-8-23-9-11)27-13-5-3-12(4-6-13)25-17-24-10-14(16(19)26-17)18(20,21)22/h3-6,10-11,15,23H,2,7-9H2,1H3,(H,24,25,26). The molecule has 1 saturated heterocycles. The van der Waals surface area contributed by atoms with Gasteiger partial charge in [0.2, 0.25) is 5.95 Å². The summed E-state index contributed by atoms with van der Waals surface area (Å²) in [5.41, 5.74) is -0.445. The van der Waals surface area contributed by atoms with Gasteiger partial charge in [-0.25, -0.2) is 9.97 Å². The number of hydrogen-bond donors (Lipinski definition) is 2. The maximum atomic E-state index is 12.7. The lowest BCUT2D eigenvalue weighted by atomic mass is 9.99. The van der Waals surface area contributed by atoms with E-state index in [2.05, 4.69) is 27.5 Å². The lowest BCUT2D eigenvalue weighted by Gasteiger charge is -2.23. The molecule has 1 fully saturated rings.